The molecule has 0 aliphatic rings. The van der Waals surface area contributed by atoms with Crippen molar-refractivity contribution in [2.75, 3.05) is 38.7 Å². The molecule has 0 radical (unpaired) electrons. The molecule has 0 unspecified atom stereocenters. The molecule has 0 saturated heterocycles. The summed E-state index contributed by atoms with van der Waals surface area (Å²) < 4.78 is 11.5. The van der Waals surface area contributed by atoms with Gasteiger partial charge in [0, 0.05) is 24.5 Å². The lowest BCUT2D eigenvalue weighted by Crippen LogP contribution is -2.18. The minimum atomic E-state index is -0.845. The van der Waals surface area contributed by atoms with Gasteiger partial charge < -0.3 is 25.2 Å². The van der Waals surface area contributed by atoms with Gasteiger partial charge in [-0.3, -0.25) is 4.79 Å². The van der Waals surface area contributed by atoms with Gasteiger partial charge in [0.05, 0.1) is 25.3 Å². The minimum Gasteiger partial charge on any atom is -0.493 e. The summed E-state index contributed by atoms with van der Waals surface area (Å²) in [6.07, 6.45) is 0.732. The fourth-order valence-electron chi connectivity index (χ4n) is 2.40. The van der Waals surface area contributed by atoms with Crippen molar-refractivity contribution in [1.82, 2.24) is 5.32 Å². The Hall–Kier alpha value is -2.44. The molecule has 0 spiro atoms. The number of carbonyl (C=O) groups is 1. The molecule has 0 aromatic heterocycles. The Balaban J connectivity index is 1.74. The quantitative estimate of drug-likeness (QED) is 0.480. The Kier molecular flexibility index (Phi) is 8.74. The largest absolute Gasteiger partial charge is 0.493 e. The Morgan fingerprint density at radius 3 is 2.52 bits per heavy atom. The fourth-order valence-corrected chi connectivity index (χ4v) is 2.57. The fraction of sp³-hybridized carbons (Fsp3) is 0.350. The summed E-state index contributed by atoms with van der Waals surface area (Å²) >= 11 is 6.06. The molecular formula is C20H25ClN2O4. The summed E-state index contributed by atoms with van der Waals surface area (Å²) in [5, 5.41) is 15.8. The Bertz CT molecular complexity index is 722. The highest BCUT2D eigenvalue weighted by Crippen LogP contribution is 2.28. The van der Waals surface area contributed by atoms with Gasteiger partial charge in [0.1, 0.15) is 11.5 Å². The van der Waals surface area contributed by atoms with Gasteiger partial charge in [-0.1, -0.05) is 23.7 Å². The van der Waals surface area contributed by atoms with Crippen molar-refractivity contribution in [2.45, 2.75) is 12.8 Å². The second kappa shape index (κ2) is 11.3. The molecule has 7 heteroatoms. The smallest absolute Gasteiger partial charge is 0.307 e. The highest BCUT2D eigenvalue weighted by Gasteiger charge is 2.05. The second-order valence-corrected chi connectivity index (χ2v) is 6.37. The predicted octanol–water partition coefficient (Wildman–Crippen LogP) is 3.45. The van der Waals surface area contributed by atoms with Crippen molar-refractivity contribution >= 4 is 23.3 Å². The van der Waals surface area contributed by atoms with Gasteiger partial charge in [0.2, 0.25) is 0 Å². The first-order valence-electron chi connectivity index (χ1n) is 8.83. The van der Waals surface area contributed by atoms with E-state index in [0.717, 1.165) is 36.5 Å². The SMILES string of the molecule is CNCCNc1cc(Cl)ccc1OCCCOc1ccc(CC(=O)O)cc1. The number of halogens is 1. The maximum absolute atomic E-state index is 10.7. The minimum absolute atomic E-state index is 0.0138. The van der Waals surface area contributed by atoms with Crippen molar-refractivity contribution in [3.05, 3.63) is 53.1 Å². The van der Waals surface area contributed by atoms with Gasteiger partial charge in [-0.2, -0.15) is 0 Å². The number of carboxylic acid groups (broad SMARTS) is 1. The number of carboxylic acids is 1. The van der Waals surface area contributed by atoms with E-state index in [9.17, 15) is 4.79 Å². The first kappa shape index (κ1) is 20.9. The van der Waals surface area contributed by atoms with E-state index in [2.05, 4.69) is 10.6 Å². The average Bonchev–Trinajstić information content (AvgIpc) is 2.64. The molecule has 0 fully saturated rings. The third-order valence-corrected chi connectivity index (χ3v) is 3.96. The van der Waals surface area contributed by atoms with Crippen LogP contribution < -0.4 is 20.1 Å². The van der Waals surface area contributed by atoms with Gasteiger partial charge in [0.15, 0.2) is 0 Å². The molecular weight excluding hydrogens is 368 g/mol. The van der Waals surface area contributed by atoms with Crippen molar-refractivity contribution in [3.63, 3.8) is 0 Å². The van der Waals surface area contributed by atoms with Crippen LogP contribution in [0.3, 0.4) is 0 Å². The van der Waals surface area contributed by atoms with Gasteiger partial charge in [0.25, 0.3) is 0 Å². The van der Waals surface area contributed by atoms with Crippen LogP contribution in [0.5, 0.6) is 11.5 Å². The average molecular weight is 393 g/mol. The number of ether oxygens (including phenoxy) is 2. The highest BCUT2D eigenvalue weighted by atomic mass is 35.5. The summed E-state index contributed by atoms with van der Waals surface area (Å²) in [6.45, 7) is 2.63. The number of likely N-dealkylation sites (N-methyl/N-ethyl adjacent to an activating group) is 1. The molecule has 2 aromatic carbocycles. The third-order valence-electron chi connectivity index (χ3n) is 3.73. The Morgan fingerprint density at radius 2 is 1.81 bits per heavy atom. The molecule has 0 amide bonds. The monoisotopic (exact) mass is 392 g/mol. The van der Waals surface area contributed by atoms with Crippen LogP contribution in [0.2, 0.25) is 5.02 Å². The predicted molar refractivity (Wildman–Crippen MR) is 107 cm³/mol. The van der Waals surface area contributed by atoms with E-state index in [4.69, 9.17) is 26.2 Å². The molecule has 146 valence electrons. The number of nitrogens with one attached hydrogen (secondary N) is 2. The van der Waals surface area contributed by atoms with Crippen molar-refractivity contribution in [2.24, 2.45) is 0 Å². The summed E-state index contributed by atoms with van der Waals surface area (Å²) in [5.74, 6) is 0.626. The molecule has 0 saturated carbocycles. The number of anilines is 1. The van der Waals surface area contributed by atoms with Crippen LogP contribution in [0.1, 0.15) is 12.0 Å². The molecule has 6 nitrogen and oxygen atoms in total. The second-order valence-electron chi connectivity index (χ2n) is 5.94. The zero-order valence-corrected chi connectivity index (χ0v) is 16.1. The van der Waals surface area contributed by atoms with Crippen LogP contribution in [-0.4, -0.2) is 44.4 Å². The Labute approximate surface area is 164 Å². The molecule has 0 atom stereocenters. The summed E-state index contributed by atoms with van der Waals surface area (Å²) in [5.41, 5.74) is 1.62. The van der Waals surface area contributed by atoms with E-state index in [-0.39, 0.29) is 6.42 Å². The zero-order chi connectivity index (χ0) is 19.5. The molecule has 0 bridgehead atoms. The van der Waals surface area contributed by atoms with E-state index < -0.39 is 5.97 Å². The van der Waals surface area contributed by atoms with E-state index >= 15 is 0 Å². The first-order valence-corrected chi connectivity index (χ1v) is 9.20. The van der Waals surface area contributed by atoms with Crippen molar-refractivity contribution in [3.8, 4) is 11.5 Å². The zero-order valence-electron chi connectivity index (χ0n) is 15.3. The number of aliphatic carboxylic acids is 1. The number of rotatable bonds is 12. The summed E-state index contributed by atoms with van der Waals surface area (Å²) in [6, 6.07) is 12.6. The normalized spacial score (nSPS) is 10.4. The lowest BCUT2D eigenvalue weighted by molar-refractivity contribution is -0.136. The van der Waals surface area contributed by atoms with Gasteiger partial charge in [-0.15, -0.1) is 0 Å². The van der Waals surface area contributed by atoms with Crippen LogP contribution >= 0.6 is 11.6 Å². The Morgan fingerprint density at radius 1 is 1.07 bits per heavy atom. The lowest BCUT2D eigenvalue weighted by Gasteiger charge is -2.14. The molecule has 0 aliphatic heterocycles. The van der Waals surface area contributed by atoms with Crippen LogP contribution in [0.25, 0.3) is 0 Å². The third kappa shape index (κ3) is 7.76. The topological polar surface area (TPSA) is 79.8 Å². The first-order chi connectivity index (χ1) is 13.1. The molecule has 2 rings (SSSR count). The van der Waals surface area contributed by atoms with E-state index in [1.165, 1.54) is 0 Å². The van der Waals surface area contributed by atoms with E-state index in [1.807, 2.05) is 19.2 Å². The van der Waals surface area contributed by atoms with Gasteiger partial charge in [-0.05, 0) is 42.9 Å². The molecule has 0 heterocycles. The van der Waals surface area contributed by atoms with Crippen LogP contribution in [-0.2, 0) is 11.2 Å². The van der Waals surface area contributed by atoms with Crippen molar-refractivity contribution < 1.29 is 19.4 Å². The molecule has 2 aromatic rings. The number of hydrogen-bond donors (Lipinski definition) is 3. The lowest BCUT2D eigenvalue weighted by atomic mass is 10.1. The van der Waals surface area contributed by atoms with Gasteiger partial charge >= 0.3 is 5.97 Å². The summed E-state index contributed by atoms with van der Waals surface area (Å²) in [7, 11) is 1.90. The molecule has 27 heavy (non-hydrogen) atoms. The maximum atomic E-state index is 10.7. The molecule has 3 N–H and O–H groups in total. The van der Waals surface area contributed by atoms with Crippen molar-refractivity contribution in [1.29, 1.82) is 0 Å². The maximum Gasteiger partial charge on any atom is 0.307 e. The van der Waals surface area contributed by atoms with Gasteiger partial charge in [-0.25, -0.2) is 0 Å². The molecule has 0 aliphatic carbocycles. The van der Waals surface area contributed by atoms with E-state index in [0.29, 0.717) is 24.0 Å². The van der Waals surface area contributed by atoms with E-state index in [1.54, 1.807) is 30.3 Å². The van der Waals surface area contributed by atoms with Crippen LogP contribution in [0, 0.1) is 0 Å². The van der Waals surface area contributed by atoms with Crippen LogP contribution in [0.15, 0.2) is 42.5 Å². The highest BCUT2D eigenvalue weighted by molar-refractivity contribution is 6.30. The summed E-state index contributed by atoms with van der Waals surface area (Å²) in [4.78, 5) is 10.7. The number of hydrogen-bond acceptors (Lipinski definition) is 5. The van der Waals surface area contributed by atoms with Crippen LogP contribution in [0.4, 0.5) is 5.69 Å². The number of benzene rings is 2. The standard InChI is InChI=1S/C20H25ClN2O4/c1-22-9-10-23-18-14-16(21)5-8-19(18)27-12-2-11-26-17-6-3-15(4-7-17)13-20(24)25/h3-8,14,22-23H,2,9-13H2,1H3,(H,24,25).